The van der Waals surface area contributed by atoms with Gasteiger partial charge in [-0.2, -0.15) is 0 Å². The van der Waals surface area contributed by atoms with Gasteiger partial charge >= 0.3 is 5.97 Å². The lowest BCUT2D eigenvalue weighted by molar-refractivity contribution is 0.0696. The summed E-state index contributed by atoms with van der Waals surface area (Å²) in [6, 6.07) is 10.8. The molecule has 94 valence electrons. The molecule has 0 unspecified atom stereocenters. The van der Waals surface area contributed by atoms with Crippen LogP contribution < -0.4 is 0 Å². The minimum Gasteiger partial charge on any atom is -0.478 e. The number of pyridine rings is 1. The Balaban J connectivity index is 2.14. The van der Waals surface area contributed by atoms with Crippen molar-refractivity contribution < 1.29 is 9.90 Å². The molecule has 0 saturated heterocycles. The monoisotopic (exact) mass is 317 g/mol. The summed E-state index contributed by atoms with van der Waals surface area (Å²) in [7, 11) is 0. The van der Waals surface area contributed by atoms with Crippen molar-refractivity contribution in [2.45, 2.75) is 0 Å². The minimum atomic E-state index is -0.985. The quantitative estimate of drug-likeness (QED) is 0.789. The Hall–Kier alpha value is -2.21. The topological polar surface area (TPSA) is 67.5 Å². The zero-order valence-corrected chi connectivity index (χ0v) is 11.2. The molecule has 3 aromatic rings. The summed E-state index contributed by atoms with van der Waals surface area (Å²) in [6.07, 6.45) is 1.45. The lowest BCUT2D eigenvalue weighted by Gasteiger charge is -1.95. The van der Waals surface area contributed by atoms with Crippen molar-refractivity contribution in [3.8, 4) is 11.4 Å². The molecule has 0 bridgehead atoms. The minimum absolute atomic E-state index is 0.179. The van der Waals surface area contributed by atoms with E-state index >= 15 is 0 Å². The number of aromatic carboxylic acids is 1. The second-order valence-electron chi connectivity index (χ2n) is 3.97. The van der Waals surface area contributed by atoms with Crippen LogP contribution in [-0.4, -0.2) is 25.7 Å². The Morgan fingerprint density at radius 3 is 2.84 bits per heavy atom. The maximum atomic E-state index is 10.9. The number of aromatic nitrogens is 3. The molecule has 0 amide bonds. The van der Waals surface area contributed by atoms with Crippen LogP contribution in [0.3, 0.4) is 0 Å². The summed E-state index contributed by atoms with van der Waals surface area (Å²) in [5, 5.41) is 13.2. The van der Waals surface area contributed by atoms with Gasteiger partial charge in [0.05, 0.1) is 5.56 Å². The number of fused-ring (bicyclic) bond motifs is 1. The van der Waals surface area contributed by atoms with Gasteiger partial charge in [0.1, 0.15) is 0 Å². The van der Waals surface area contributed by atoms with E-state index in [9.17, 15) is 4.79 Å². The summed E-state index contributed by atoms with van der Waals surface area (Å²) in [5.41, 5.74) is 1.66. The highest BCUT2D eigenvalue weighted by Gasteiger charge is 2.09. The number of nitrogens with zero attached hydrogens (tertiary/aromatic N) is 3. The van der Waals surface area contributed by atoms with Gasteiger partial charge in [0.2, 0.25) is 0 Å². The van der Waals surface area contributed by atoms with Crippen LogP contribution in [0.1, 0.15) is 10.4 Å². The molecule has 0 aliphatic rings. The fourth-order valence-electron chi connectivity index (χ4n) is 1.76. The molecule has 6 heteroatoms. The summed E-state index contributed by atoms with van der Waals surface area (Å²) in [6.45, 7) is 0. The van der Waals surface area contributed by atoms with Crippen LogP contribution in [0.2, 0.25) is 0 Å². The number of carboxylic acids is 1. The van der Waals surface area contributed by atoms with Gasteiger partial charge in [0, 0.05) is 16.2 Å². The Bertz CT molecular complexity index is 782. The average molecular weight is 318 g/mol. The van der Waals surface area contributed by atoms with E-state index in [1.165, 1.54) is 16.8 Å². The molecule has 3 rings (SSSR count). The Labute approximate surface area is 116 Å². The summed E-state index contributed by atoms with van der Waals surface area (Å²) in [4.78, 5) is 15.3. The summed E-state index contributed by atoms with van der Waals surface area (Å²) < 4.78 is 2.41. The highest BCUT2D eigenvalue weighted by Crippen LogP contribution is 2.20. The van der Waals surface area contributed by atoms with Crippen LogP contribution in [-0.2, 0) is 0 Å². The van der Waals surface area contributed by atoms with E-state index in [1.807, 2.05) is 24.3 Å². The molecule has 1 aromatic carbocycles. The molecule has 0 atom stereocenters. The van der Waals surface area contributed by atoms with Crippen molar-refractivity contribution in [3.05, 3.63) is 52.6 Å². The molecule has 0 saturated carbocycles. The van der Waals surface area contributed by atoms with Crippen molar-refractivity contribution in [1.82, 2.24) is 14.6 Å². The first-order valence-electron chi connectivity index (χ1n) is 5.49. The zero-order valence-electron chi connectivity index (χ0n) is 9.62. The van der Waals surface area contributed by atoms with Gasteiger partial charge in [-0.1, -0.05) is 28.1 Å². The molecule has 0 aliphatic carbocycles. The second-order valence-corrected chi connectivity index (χ2v) is 4.89. The lowest BCUT2D eigenvalue weighted by Crippen LogP contribution is -1.99. The Kier molecular flexibility index (Phi) is 2.79. The molecule has 2 heterocycles. The summed E-state index contributed by atoms with van der Waals surface area (Å²) in [5.74, 6) is -0.426. The third-order valence-electron chi connectivity index (χ3n) is 2.66. The molecule has 19 heavy (non-hydrogen) atoms. The van der Waals surface area contributed by atoms with Crippen molar-refractivity contribution in [1.29, 1.82) is 0 Å². The number of carbonyl (C=O) groups is 1. The first kappa shape index (κ1) is 11.9. The molecule has 0 spiro atoms. The van der Waals surface area contributed by atoms with E-state index in [2.05, 4.69) is 26.0 Å². The fraction of sp³-hybridized carbons (Fsp3) is 0. The first-order chi connectivity index (χ1) is 9.13. The van der Waals surface area contributed by atoms with Crippen LogP contribution in [0.15, 0.2) is 47.1 Å². The molecular weight excluding hydrogens is 310 g/mol. The van der Waals surface area contributed by atoms with E-state index < -0.39 is 5.97 Å². The van der Waals surface area contributed by atoms with Gasteiger partial charge < -0.3 is 5.11 Å². The molecule has 0 fully saturated rings. The number of benzene rings is 1. The molecule has 0 aliphatic heterocycles. The molecule has 5 nitrogen and oxygen atoms in total. The normalized spacial score (nSPS) is 10.8. The van der Waals surface area contributed by atoms with Gasteiger partial charge in [0.15, 0.2) is 11.5 Å². The second kappa shape index (κ2) is 4.47. The van der Waals surface area contributed by atoms with Crippen molar-refractivity contribution >= 4 is 27.5 Å². The lowest BCUT2D eigenvalue weighted by atomic mass is 10.2. The number of rotatable bonds is 2. The largest absolute Gasteiger partial charge is 0.478 e. The number of hydrogen-bond donors (Lipinski definition) is 1. The van der Waals surface area contributed by atoms with Gasteiger partial charge in [0.25, 0.3) is 0 Å². The molecule has 1 N–H and O–H groups in total. The highest BCUT2D eigenvalue weighted by atomic mass is 79.9. The predicted molar refractivity (Wildman–Crippen MR) is 73.1 cm³/mol. The SMILES string of the molecule is O=C(O)c1ccc2nc(-c3cccc(Br)c3)nn2c1. The van der Waals surface area contributed by atoms with Gasteiger partial charge in [-0.05, 0) is 24.3 Å². The maximum Gasteiger partial charge on any atom is 0.337 e. The number of carboxylic acid groups (broad SMARTS) is 1. The highest BCUT2D eigenvalue weighted by molar-refractivity contribution is 9.10. The van der Waals surface area contributed by atoms with Gasteiger partial charge in [-0.15, -0.1) is 5.10 Å². The standard InChI is InChI=1S/C13H8BrN3O2/c14-10-3-1-2-8(6-10)12-15-11-5-4-9(13(18)19)7-17(11)16-12/h1-7H,(H,18,19). The van der Waals surface area contributed by atoms with E-state index in [0.29, 0.717) is 11.5 Å². The van der Waals surface area contributed by atoms with Crippen LogP contribution in [0, 0.1) is 0 Å². The van der Waals surface area contributed by atoms with Crippen molar-refractivity contribution in [3.63, 3.8) is 0 Å². The zero-order chi connectivity index (χ0) is 13.4. The molecule has 0 radical (unpaired) electrons. The Morgan fingerprint density at radius 2 is 2.11 bits per heavy atom. The van der Waals surface area contributed by atoms with Crippen LogP contribution in [0.5, 0.6) is 0 Å². The molecular formula is C13H8BrN3O2. The summed E-state index contributed by atoms with van der Waals surface area (Å²) >= 11 is 3.39. The number of halogens is 1. The average Bonchev–Trinajstić information content (AvgIpc) is 2.81. The van der Waals surface area contributed by atoms with E-state index in [0.717, 1.165) is 10.0 Å². The van der Waals surface area contributed by atoms with E-state index in [1.54, 1.807) is 6.07 Å². The van der Waals surface area contributed by atoms with Gasteiger partial charge in [-0.25, -0.2) is 14.3 Å². The molecule has 2 aromatic heterocycles. The maximum absolute atomic E-state index is 10.9. The first-order valence-corrected chi connectivity index (χ1v) is 6.28. The third kappa shape index (κ3) is 2.22. The fourth-order valence-corrected chi connectivity index (χ4v) is 2.16. The van der Waals surface area contributed by atoms with Gasteiger partial charge in [-0.3, -0.25) is 0 Å². The van der Waals surface area contributed by atoms with Crippen LogP contribution in [0.4, 0.5) is 0 Å². The Morgan fingerprint density at radius 1 is 1.26 bits per heavy atom. The van der Waals surface area contributed by atoms with Crippen LogP contribution in [0.25, 0.3) is 17.0 Å². The number of hydrogen-bond acceptors (Lipinski definition) is 3. The smallest absolute Gasteiger partial charge is 0.337 e. The van der Waals surface area contributed by atoms with Crippen molar-refractivity contribution in [2.75, 3.05) is 0 Å². The van der Waals surface area contributed by atoms with E-state index in [-0.39, 0.29) is 5.56 Å². The third-order valence-corrected chi connectivity index (χ3v) is 3.15. The van der Waals surface area contributed by atoms with E-state index in [4.69, 9.17) is 5.11 Å². The van der Waals surface area contributed by atoms with Crippen LogP contribution >= 0.6 is 15.9 Å². The predicted octanol–water partition coefficient (Wildman–Crippen LogP) is 2.86. The van der Waals surface area contributed by atoms with Crippen molar-refractivity contribution in [2.24, 2.45) is 0 Å².